The van der Waals surface area contributed by atoms with E-state index in [1.54, 1.807) is 17.1 Å². The number of thioether (sulfide) groups is 1. The van der Waals surface area contributed by atoms with Gasteiger partial charge in [-0.3, -0.25) is 4.79 Å². The Morgan fingerprint density at radius 1 is 1.29 bits per heavy atom. The van der Waals surface area contributed by atoms with Crippen LogP contribution in [0.1, 0.15) is 40.6 Å². The first-order valence-electron chi connectivity index (χ1n) is 9.43. The minimum absolute atomic E-state index is 0.0235. The Balaban J connectivity index is 1.50. The number of hydrogen-bond acceptors (Lipinski definition) is 7. The van der Waals surface area contributed by atoms with Crippen LogP contribution < -0.4 is 0 Å². The van der Waals surface area contributed by atoms with E-state index < -0.39 is 0 Å². The lowest BCUT2D eigenvalue weighted by Crippen LogP contribution is -2.38. The van der Waals surface area contributed by atoms with Crippen molar-refractivity contribution in [2.75, 3.05) is 24.6 Å². The van der Waals surface area contributed by atoms with Crippen molar-refractivity contribution in [1.29, 1.82) is 0 Å². The summed E-state index contributed by atoms with van der Waals surface area (Å²) in [6.45, 7) is 3.44. The quantitative estimate of drug-likeness (QED) is 0.670. The maximum absolute atomic E-state index is 12.9. The monoisotopic (exact) mass is 396 g/mol. The molecule has 4 heterocycles. The molecule has 9 heteroatoms. The van der Waals surface area contributed by atoms with Crippen molar-refractivity contribution < 1.29 is 9.32 Å². The number of aromatic nitrogens is 5. The average molecular weight is 396 g/mol. The first kappa shape index (κ1) is 17.4. The topological polar surface area (TPSA) is 89.9 Å². The number of hydrogen-bond donors (Lipinski definition) is 0. The predicted molar refractivity (Wildman–Crippen MR) is 105 cm³/mol. The summed E-state index contributed by atoms with van der Waals surface area (Å²) >= 11 is 1.88. The molecule has 0 spiro atoms. The smallest absolute Gasteiger partial charge is 0.261 e. The van der Waals surface area contributed by atoms with Crippen molar-refractivity contribution >= 4 is 17.7 Å². The predicted octanol–water partition coefficient (Wildman–Crippen LogP) is 2.69. The summed E-state index contributed by atoms with van der Waals surface area (Å²) in [5.74, 6) is 4.15. The van der Waals surface area contributed by atoms with Crippen molar-refractivity contribution in [1.82, 2.24) is 29.8 Å². The number of carbonyl (C=O) groups is 1. The Morgan fingerprint density at radius 2 is 2.11 bits per heavy atom. The summed E-state index contributed by atoms with van der Waals surface area (Å²) in [7, 11) is 0. The average Bonchev–Trinajstić information content (AvgIpc) is 3.35. The van der Waals surface area contributed by atoms with Gasteiger partial charge in [-0.15, -0.1) is 0 Å². The molecule has 3 aromatic heterocycles. The summed E-state index contributed by atoms with van der Waals surface area (Å²) in [4.78, 5) is 23.8. The van der Waals surface area contributed by atoms with Gasteiger partial charge in [0, 0.05) is 36.7 Å². The largest absolute Gasteiger partial charge is 0.337 e. The molecule has 2 fully saturated rings. The molecule has 3 aromatic rings. The molecule has 144 valence electrons. The molecule has 0 atom stereocenters. The second-order valence-corrected chi connectivity index (χ2v) is 8.29. The van der Waals surface area contributed by atoms with E-state index in [0.29, 0.717) is 28.8 Å². The highest BCUT2D eigenvalue weighted by Crippen LogP contribution is 2.39. The second kappa shape index (κ2) is 7.05. The Morgan fingerprint density at radius 3 is 2.89 bits per heavy atom. The third-order valence-electron chi connectivity index (χ3n) is 5.14. The van der Waals surface area contributed by atoms with Crippen LogP contribution in [-0.4, -0.2) is 60.3 Å². The molecule has 0 unspecified atom stereocenters. The molecule has 5 rings (SSSR count). The molecule has 0 aromatic carbocycles. The number of carbonyl (C=O) groups excluding carboxylic acids is 1. The van der Waals surface area contributed by atoms with Crippen molar-refractivity contribution in [3.63, 3.8) is 0 Å². The van der Waals surface area contributed by atoms with Crippen LogP contribution in [0.15, 0.2) is 29.0 Å². The van der Waals surface area contributed by atoms with Gasteiger partial charge in [-0.1, -0.05) is 5.16 Å². The first-order chi connectivity index (χ1) is 13.7. The van der Waals surface area contributed by atoms with Gasteiger partial charge >= 0.3 is 0 Å². The lowest BCUT2D eigenvalue weighted by molar-refractivity contribution is 0.0771. The Hall–Kier alpha value is -2.68. The Kier molecular flexibility index (Phi) is 4.38. The zero-order valence-electron chi connectivity index (χ0n) is 15.5. The van der Waals surface area contributed by atoms with Crippen molar-refractivity contribution in [3.05, 3.63) is 41.6 Å². The van der Waals surface area contributed by atoms with Crippen molar-refractivity contribution in [2.24, 2.45) is 0 Å². The summed E-state index contributed by atoms with van der Waals surface area (Å²) in [6.07, 6.45) is 5.54. The molecule has 2 aliphatic rings. The summed E-state index contributed by atoms with van der Waals surface area (Å²) in [5, 5.41) is 8.55. The Labute approximate surface area is 166 Å². The zero-order chi connectivity index (χ0) is 19.1. The van der Waals surface area contributed by atoms with Gasteiger partial charge in [0.2, 0.25) is 0 Å². The normalized spacial score (nSPS) is 17.1. The molecule has 0 radical (unpaired) electrons. The van der Waals surface area contributed by atoms with Gasteiger partial charge in [0.1, 0.15) is 0 Å². The van der Waals surface area contributed by atoms with Crippen molar-refractivity contribution in [2.45, 2.75) is 25.7 Å². The van der Waals surface area contributed by atoms with Gasteiger partial charge in [0.25, 0.3) is 11.8 Å². The number of amides is 1. The lowest BCUT2D eigenvalue weighted by Gasteiger charge is -2.26. The zero-order valence-corrected chi connectivity index (χ0v) is 16.4. The lowest BCUT2D eigenvalue weighted by atomic mass is 10.2. The van der Waals surface area contributed by atoms with E-state index in [0.717, 1.165) is 49.0 Å². The summed E-state index contributed by atoms with van der Waals surface area (Å²) in [5.41, 5.74) is 2.07. The van der Waals surface area contributed by atoms with E-state index in [9.17, 15) is 4.79 Å². The highest BCUT2D eigenvalue weighted by atomic mass is 32.2. The van der Waals surface area contributed by atoms with Gasteiger partial charge in [-0.05, 0) is 31.9 Å². The molecular weight excluding hydrogens is 376 g/mol. The molecule has 1 aliphatic heterocycles. The van der Waals surface area contributed by atoms with E-state index in [1.807, 2.05) is 35.7 Å². The van der Waals surface area contributed by atoms with Crippen LogP contribution in [0.2, 0.25) is 0 Å². The van der Waals surface area contributed by atoms with E-state index in [-0.39, 0.29) is 5.91 Å². The fraction of sp³-hybridized carbons (Fsp3) is 0.421. The van der Waals surface area contributed by atoms with Crippen LogP contribution in [0.25, 0.3) is 17.3 Å². The highest BCUT2D eigenvalue weighted by molar-refractivity contribution is 7.99. The van der Waals surface area contributed by atoms with Crippen LogP contribution in [0.4, 0.5) is 0 Å². The van der Waals surface area contributed by atoms with Gasteiger partial charge in [-0.2, -0.15) is 21.8 Å². The SMILES string of the molecule is Cc1c(C(=O)N2CCSCC2)cnn1-c1ncccc1-c1nc(C2CC2)no1. The van der Waals surface area contributed by atoms with Gasteiger partial charge in [-0.25, -0.2) is 9.67 Å². The van der Waals surface area contributed by atoms with Gasteiger partial charge in [0.15, 0.2) is 11.6 Å². The third-order valence-corrected chi connectivity index (χ3v) is 6.08. The summed E-state index contributed by atoms with van der Waals surface area (Å²) < 4.78 is 7.17. The fourth-order valence-electron chi connectivity index (χ4n) is 3.35. The van der Waals surface area contributed by atoms with Crippen LogP contribution in [0, 0.1) is 6.92 Å². The molecule has 0 bridgehead atoms. The molecule has 1 aliphatic carbocycles. The first-order valence-corrected chi connectivity index (χ1v) is 10.6. The van der Waals surface area contributed by atoms with E-state index in [4.69, 9.17) is 4.52 Å². The Bertz CT molecular complexity index is 1020. The minimum atomic E-state index is 0.0235. The number of rotatable bonds is 4. The number of nitrogens with zero attached hydrogens (tertiary/aromatic N) is 6. The number of pyridine rings is 1. The third kappa shape index (κ3) is 3.09. The molecule has 1 amide bonds. The maximum Gasteiger partial charge on any atom is 0.261 e. The van der Waals surface area contributed by atoms with Gasteiger partial charge < -0.3 is 9.42 Å². The molecule has 1 saturated heterocycles. The minimum Gasteiger partial charge on any atom is -0.337 e. The van der Waals surface area contributed by atoms with Crippen molar-refractivity contribution in [3.8, 4) is 17.3 Å². The van der Waals surface area contributed by atoms with Crippen LogP contribution in [0.5, 0.6) is 0 Å². The van der Waals surface area contributed by atoms with Gasteiger partial charge in [0.05, 0.1) is 23.0 Å². The summed E-state index contributed by atoms with van der Waals surface area (Å²) in [6, 6.07) is 3.72. The van der Waals surface area contributed by atoms with Crippen LogP contribution in [-0.2, 0) is 0 Å². The molecule has 1 saturated carbocycles. The highest BCUT2D eigenvalue weighted by Gasteiger charge is 2.30. The fourth-order valence-corrected chi connectivity index (χ4v) is 4.26. The molecular formula is C19H20N6O2S. The maximum atomic E-state index is 12.9. The molecule has 8 nitrogen and oxygen atoms in total. The molecule has 0 N–H and O–H groups in total. The van der Waals surface area contributed by atoms with E-state index in [1.165, 1.54) is 0 Å². The van der Waals surface area contributed by atoms with Crippen LogP contribution in [0.3, 0.4) is 0 Å². The molecule has 28 heavy (non-hydrogen) atoms. The second-order valence-electron chi connectivity index (χ2n) is 7.07. The van der Waals surface area contributed by atoms with E-state index >= 15 is 0 Å². The van der Waals surface area contributed by atoms with Crippen LogP contribution >= 0.6 is 11.8 Å². The van der Waals surface area contributed by atoms with E-state index in [2.05, 4.69) is 20.2 Å². The standard InChI is InChI=1S/C19H20N6O2S/c1-12-15(19(26)24-7-9-28-10-8-24)11-21-25(12)17-14(3-2-6-20-17)18-22-16(23-27-18)13-4-5-13/h2-3,6,11,13H,4-5,7-10H2,1H3.